The van der Waals surface area contributed by atoms with Gasteiger partial charge in [0.05, 0.1) is 0 Å². The number of rotatable bonds is 42. The van der Waals surface area contributed by atoms with Crippen LogP contribution in [0.1, 0.15) is 226 Å². The lowest BCUT2D eigenvalue weighted by Gasteiger charge is -2.18. The summed E-state index contributed by atoms with van der Waals surface area (Å²) in [5.41, 5.74) is 0. The molecule has 1 unspecified atom stereocenters. The molecule has 0 aromatic rings. The molecule has 0 amide bonds. The van der Waals surface area contributed by atoms with Gasteiger partial charge in [0, 0.05) is 19.3 Å². The molecule has 0 heterocycles. The third kappa shape index (κ3) is 44.1. The summed E-state index contributed by atoms with van der Waals surface area (Å²) >= 11 is 0. The SMILES string of the molecule is CCCC/C=C\C=C/CCCCCC(=O)OCC(COC(=O)CCCCC/C=C\C=C/CCCCCCCCC)OC(=O)CCCCCCC/C=C\CCCCC. The number of carbonyl (C=O) groups is 3. The minimum absolute atomic E-state index is 0.100. The van der Waals surface area contributed by atoms with Gasteiger partial charge in [-0.2, -0.15) is 0 Å². The fourth-order valence-electron chi connectivity index (χ4n) is 6.34. The van der Waals surface area contributed by atoms with Crippen LogP contribution in [0.2, 0.25) is 0 Å². The Balaban J connectivity index is 4.45. The van der Waals surface area contributed by atoms with Gasteiger partial charge in [-0.25, -0.2) is 0 Å². The number of unbranched alkanes of at least 4 members (excludes halogenated alkanes) is 23. The second-order valence-corrected chi connectivity index (χ2v) is 15.7. The summed E-state index contributed by atoms with van der Waals surface area (Å²) in [5, 5.41) is 0. The van der Waals surface area contributed by atoms with Gasteiger partial charge in [-0.15, -0.1) is 0 Å². The van der Waals surface area contributed by atoms with Crippen molar-refractivity contribution in [2.75, 3.05) is 13.2 Å². The first-order chi connectivity index (χ1) is 28.0. The topological polar surface area (TPSA) is 78.9 Å². The van der Waals surface area contributed by atoms with Crippen LogP contribution in [0, 0.1) is 0 Å². The van der Waals surface area contributed by atoms with E-state index in [2.05, 4.69) is 81.5 Å². The summed E-state index contributed by atoms with van der Waals surface area (Å²) in [5.74, 6) is -0.964. The molecule has 328 valence electrons. The Kier molecular flexibility index (Phi) is 43.5. The zero-order chi connectivity index (χ0) is 41.5. The molecular formula is C51H88O6. The smallest absolute Gasteiger partial charge is 0.306 e. The number of esters is 3. The van der Waals surface area contributed by atoms with Crippen LogP contribution in [-0.2, 0) is 28.6 Å². The molecular weight excluding hydrogens is 709 g/mol. The predicted molar refractivity (Wildman–Crippen MR) is 242 cm³/mol. The van der Waals surface area contributed by atoms with E-state index >= 15 is 0 Å². The molecule has 0 bridgehead atoms. The number of carbonyl (C=O) groups excluding carboxylic acids is 3. The van der Waals surface area contributed by atoms with Crippen LogP contribution in [0.4, 0.5) is 0 Å². The lowest BCUT2D eigenvalue weighted by Crippen LogP contribution is -2.30. The Morgan fingerprint density at radius 2 is 0.649 bits per heavy atom. The summed E-state index contributed by atoms with van der Waals surface area (Å²) < 4.78 is 16.7. The van der Waals surface area contributed by atoms with Crippen molar-refractivity contribution in [1.82, 2.24) is 0 Å². The van der Waals surface area contributed by atoms with Crippen molar-refractivity contribution in [3.05, 3.63) is 60.8 Å². The third-order valence-corrected chi connectivity index (χ3v) is 10.0. The van der Waals surface area contributed by atoms with E-state index in [-0.39, 0.29) is 31.1 Å². The van der Waals surface area contributed by atoms with Crippen molar-refractivity contribution in [1.29, 1.82) is 0 Å². The van der Waals surface area contributed by atoms with Crippen LogP contribution in [0.25, 0.3) is 0 Å². The molecule has 0 aromatic carbocycles. The largest absolute Gasteiger partial charge is 0.462 e. The monoisotopic (exact) mass is 797 g/mol. The summed E-state index contributed by atoms with van der Waals surface area (Å²) in [6.07, 6.45) is 54.9. The Bertz CT molecular complexity index is 1050. The highest BCUT2D eigenvalue weighted by Gasteiger charge is 2.19. The standard InChI is InChI=1S/C51H88O6/c1-4-7-10-13-16-19-22-24-25-26-27-30-32-35-38-41-44-50(53)56-47-48(46-55-49(52)43-40-37-34-31-28-21-18-15-12-9-6-3)57-51(54)45-42-39-36-33-29-23-20-17-14-11-8-5-2/h15,17-18,20-21,25-28,30,48H,4-14,16,19,22-24,29,31-47H2,1-3H3/b18-15-,20-17-,26-25-,28-21-,30-27-. The average Bonchev–Trinajstić information content (AvgIpc) is 3.21. The van der Waals surface area contributed by atoms with Gasteiger partial charge in [-0.3, -0.25) is 14.4 Å². The summed E-state index contributed by atoms with van der Waals surface area (Å²) in [7, 11) is 0. The van der Waals surface area contributed by atoms with Crippen LogP contribution in [-0.4, -0.2) is 37.2 Å². The van der Waals surface area contributed by atoms with Crippen molar-refractivity contribution < 1.29 is 28.6 Å². The molecule has 0 aromatic heterocycles. The maximum absolute atomic E-state index is 12.7. The van der Waals surface area contributed by atoms with E-state index in [0.717, 1.165) is 96.3 Å². The highest BCUT2D eigenvalue weighted by molar-refractivity contribution is 5.71. The fraction of sp³-hybridized carbons (Fsp3) is 0.745. The number of ether oxygens (including phenoxy) is 3. The maximum atomic E-state index is 12.7. The Hall–Kier alpha value is -2.89. The normalized spacial score (nSPS) is 12.5. The van der Waals surface area contributed by atoms with E-state index < -0.39 is 6.10 Å². The molecule has 0 N–H and O–H groups in total. The van der Waals surface area contributed by atoms with Crippen LogP contribution >= 0.6 is 0 Å². The van der Waals surface area contributed by atoms with Gasteiger partial charge in [0.25, 0.3) is 0 Å². The molecule has 0 aliphatic rings. The zero-order valence-electron chi connectivity index (χ0n) is 37.3. The summed E-state index contributed by atoms with van der Waals surface area (Å²) in [4.78, 5) is 37.8. The van der Waals surface area contributed by atoms with Crippen molar-refractivity contribution in [2.45, 2.75) is 232 Å². The molecule has 6 heteroatoms. The van der Waals surface area contributed by atoms with E-state index in [9.17, 15) is 14.4 Å². The first-order valence-electron chi connectivity index (χ1n) is 23.8. The Morgan fingerprint density at radius 1 is 0.351 bits per heavy atom. The van der Waals surface area contributed by atoms with E-state index in [1.54, 1.807) is 0 Å². The van der Waals surface area contributed by atoms with Crippen molar-refractivity contribution in [3.63, 3.8) is 0 Å². The highest BCUT2D eigenvalue weighted by Crippen LogP contribution is 2.13. The van der Waals surface area contributed by atoms with E-state index in [1.807, 2.05) is 0 Å². The quantitative estimate of drug-likeness (QED) is 0.0201. The maximum Gasteiger partial charge on any atom is 0.306 e. The molecule has 0 aliphatic heterocycles. The molecule has 0 rings (SSSR count). The first kappa shape index (κ1) is 54.1. The second-order valence-electron chi connectivity index (χ2n) is 15.7. The summed E-state index contributed by atoms with van der Waals surface area (Å²) in [6, 6.07) is 0. The minimum atomic E-state index is -0.797. The zero-order valence-corrected chi connectivity index (χ0v) is 37.3. The Morgan fingerprint density at radius 3 is 1.09 bits per heavy atom. The molecule has 6 nitrogen and oxygen atoms in total. The van der Waals surface area contributed by atoms with Gasteiger partial charge in [-0.05, 0) is 89.9 Å². The van der Waals surface area contributed by atoms with Crippen molar-refractivity contribution in [3.8, 4) is 0 Å². The molecule has 57 heavy (non-hydrogen) atoms. The van der Waals surface area contributed by atoms with Gasteiger partial charge in [0.2, 0.25) is 0 Å². The lowest BCUT2D eigenvalue weighted by molar-refractivity contribution is -0.167. The van der Waals surface area contributed by atoms with Crippen molar-refractivity contribution >= 4 is 17.9 Å². The lowest BCUT2D eigenvalue weighted by atomic mass is 10.1. The Labute approximate surface area is 351 Å². The van der Waals surface area contributed by atoms with E-state index in [1.165, 1.54) is 89.9 Å². The minimum Gasteiger partial charge on any atom is -0.462 e. The fourth-order valence-corrected chi connectivity index (χ4v) is 6.34. The van der Waals surface area contributed by atoms with Gasteiger partial charge >= 0.3 is 17.9 Å². The van der Waals surface area contributed by atoms with Crippen LogP contribution < -0.4 is 0 Å². The average molecular weight is 797 g/mol. The molecule has 0 aliphatic carbocycles. The molecule has 0 fully saturated rings. The predicted octanol–water partition coefficient (Wildman–Crippen LogP) is 15.3. The molecule has 0 spiro atoms. The van der Waals surface area contributed by atoms with Crippen LogP contribution in [0.15, 0.2) is 60.8 Å². The van der Waals surface area contributed by atoms with Crippen LogP contribution in [0.3, 0.4) is 0 Å². The molecule has 0 saturated heterocycles. The van der Waals surface area contributed by atoms with Crippen LogP contribution in [0.5, 0.6) is 0 Å². The first-order valence-corrected chi connectivity index (χ1v) is 23.8. The number of hydrogen-bond donors (Lipinski definition) is 0. The number of hydrogen-bond acceptors (Lipinski definition) is 6. The van der Waals surface area contributed by atoms with E-state index in [4.69, 9.17) is 14.2 Å². The highest BCUT2D eigenvalue weighted by atomic mass is 16.6. The van der Waals surface area contributed by atoms with Gasteiger partial charge in [0.1, 0.15) is 13.2 Å². The third-order valence-electron chi connectivity index (χ3n) is 10.0. The van der Waals surface area contributed by atoms with Crippen molar-refractivity contribution in [2.24, 2.45) is 0 Å². The molecule has 0 saturated carbocycles. The van der Waals surface area contributed by atoms with E-state index in [0.29, 0.717) is 19.3 Å². The van der Waals surface area contributed by atoms with Gasteiger partial charge in [0.15, 0.2) is 6.10 Å². The number of allylic oxidation sites excluding steroid dienone is 10. The van der Waals surface area contributed by atoms with Gasteiger partial charge < -0.3 is 14.2 Å². The molecule has 1 atom stereocenters. The second kappa shape index (κ2) is 45.8. The van der Waals surface area contributed by atoms with Gasteiger partial charge in [-0.1, -0.05) is 178 Å². The molecule has 0 radical (unpaired) electrons. The summed E-state index contributed by atoms with van der Waals surface area (Å²) in [6.45, 7) is 6.49.